The van der Waals surface area contributed by atoms with Crippen LogP contribution in [0.1, 0.15) is 0 Å². The molecule has 0 spiro atoms. The fraction of sp³-hybridized carbons (Fsp3) is 0.0400. The van der Waals surface area contributed by atoms with Crippen LogP contribution in [0.2, 0.25) is 0 Å². The zero-order chi connectivity index (χ0) is 17.8. The predicted molar refractivity (Wildman–Crippen MR) is 116 cm³/mol. The summed E-state index contributed by atoms with van der Waals surface area (Å²) in [6.07, 6.45) is 0. The Morgan fingerprint density at radius 3 is 1.65 bits per heavy atom. The molecule has 0 saturated carbocycles. The molecule has 0 aliphatic heterocycles. The second-order valence-corrected chi connectivity index (χ2v) is 8.44. The molecule has 4 aromatic carbocycles. The lowest BCUT2D eigenvalue weighted by Gasteiger charge is -2.21. The van der Waals surface area contributed by atoms with Crippen LogP contribution in [0.4, 0.5) is 0 Å². The lowest BCUT2D eigenvalue weighted by Crippen LogP contribution is -2.14. The van der Waals surface area contributed by atoms with Crippen molar-refractivity contribution in [1.29, 1.82) is 0 Å². The molecular formula is C25H21P. The van der Waals surface area contributed by atoms with Crippen molar-refractivity contribution >= 4 is 18.5 Å². The molecule has 4 rings (SSSR count). The minimum Gasteiger partial charge on any atom is -0.0622 e. The van der Waals surface area contributed by atoms with Crippen LogP contribution in [0, 0.1) is 0 Å². The first-order valence-electron chi connectivity index (χ1n) is 8.87. The van der Waals surface area contributed by atoms with Gasteiger partial charge < -0.3 is 0 Å². The summed E-state index contributed by atoms with van der Waals surface area (Å²) in [4.78, 5) is 0. The maximum atomic E-state index is 2.36. The van der Waals surface area contributed by atoms with E-state index in [-0.39, 0.29) is 0 Å². The summed E-state index contributed by atoms with van der Waals surface area (Å²) in [6, 6.07) is 39.1. The Morgan fingerprint density at radius 2 is 1.04 bits per heavy atom. The first kappa shape index (κ1) is 16.8. The summed E-state index contributed by atoms with van der Waals surface area (Å²) in [5.41, 5.74) is 5.22. The summed E-state index contributed by atoms with van der Waals surface area (Å²) >= 11 is 0. The third-order valence-corrected chi connectivity index (χ3v) is 6.86. The van der Waals surface area contributed by atoms with Crippen LogP contribution in [-0.4, -0.2) is 6.66 Å². The minimum atomic E-state index is -0.422. The molecule has 0 aliphatic rings. The quantitative estimate of drug-likeness (QED) is 0.390. The molecule has 126 valence electrons. The van der Waals surface area contributed by atoms with Gasteiger partial charge in [-0.15, -0.1) is 0 Å². The van der Waals surface area contributed by atoms with E-state index in [4.69, 9.17) is 0 Å². The van der Waals surface area contributed by atoms with Crippen molar-refractivity contribution in [3.63, 3.8) is 0 Å². The van der Waals surface area contributed by atoms with Gasteiger partial charge in [0.25, 0.3) is 0 Å². The average Bonchev–Trinajstić information content (AvgIpc) is 2.74. The largest absolute Gasteiger partial charge is 0.0622 e. The molecule has 0 amide bonds. The van der Waals surface area contributed by atoms with E-state index in [2.05, 4.69) is 116 Å². The van der Waals surface area contributed by atoms with Gasteiger partial charge in [-0.1, -0.05) is 109 Å². The molecule has 0 N–H and O–H groups in total. The second-order valence-electron chi connectivity index (χ2n) is 6.33. The predicted octanol–water partition coefficient (Wildman–Crippen LogP) is 6.08. The van der Waals surface area contributed by atoms with Crippen molar-refractivity contribution < 1.29 is 0 Å². The first-order valence-corrected chi connectivity index (χ1v) is 10.7. The lowest BCUT2D eigenvalue weighted by atomic mass is 9.94. The molecule has 1 heteroatoms. The van der Waals surface area contributed by atoms with Gasteiger partial charge in [-0.3, -0.25) is 0 Å². The Hall–Kier alpha value is -2.69. The zero-order valence-corrected chi connectivity index (χ0v) is 15.7. The Labute approximate surface area is 156 Å². The summed E-state index contributed by atoms with van der Waals surface area (Å²) in [5.74, 6) is 0. The molecule has 0 radical (unpaired) electrons. The van der Waals surface area contributed by atoms with Crippen LogP contribution in [0.3, 0.4) is 0 Å². The highest BCUT2D eigenvalue weighted by molar-refractivity contribution is 7.72. The fourth-order valence-corrected chi connectivity index (χ4v) is 5.17. The van der Waals surface area contributed by atoms with Gasteiger partial charge in [0.2, 0.25) is 0 Å². The lowest BCUT2D eigenvalue weighted by molar-refractivity contribution is 1.60. The summed E-state index contributed by atoms with van der Waals surface area (Å²) in [7, 11) is -0.422. The van der Waals surface area contributed by atoms with Crippen LogP contribution in [0.25, 0.3) is 22.3 Å². The van der Waals surface area contributed by atoms with Gasteiger partial charge in [-0.2, -0.15) is 0 Å². The monoisotopic (exact) mass is 352 g/mol. The fourth-order valence-electron chi connectivity index (χ4n) is 3.38. The van der Waals surface area contributed by atoms with E-state index in [0.717, 1.165) is 0 Å². The molecule has 4 aromatic rings. The van der Waals surface area contributed by atoms with Crippen LogP contribution in [0.5, 0.6) is 0 Å². The highest BCUT2D eigenvalue weighted by atomic mass is 31.1. The second kappa shape index (κ2) is 7.68. The molecule has 0 heterocycles. The first-order chi connectivity index (χ1) is 12.8. The van der Waals surface area contributed by atoms with Crippen LogP contribution < -0.4 is 10.6 Å². The van der Waals surface area contributed by atoms with Crippen molar-refractivity contribution in [2.45, 2.75) is 0 Å². The molecule has 26 heavy (non-hydrogen) atoms. The van der Waals surface area contributed by atoms with Crippen molar-refractivity contribution in [1.82, 2.24) is 0 Å². The summed E-state index contributed by atoms with van der Waals surface area (Å²) in [6.45, 7) is 2.36. The molecule has 0 aromatic heterocycles. The summed E-state index contributed by atoms with van der Waals surface area (Å²) < 4.78 is 0. The Balaban J connectivity index is 1.95. The van der Waals surface area contributed by atoms with Crippen molar-refractivity contribution in [2.75, 3.05) is 6.66 Å². The third-order valence-electron chi connectivity index (χ3n) is 4.69. The molecular weight excluding hydrogens is 331 g/mol. The van der Waals surface area contributed by atoms with Gasteiger partial charge in [-0.25, -0.2) is 0 Å². The number of rotatable bonds is 4. The van der Waals surface area contributed by atoms with E-state index < -0.39 is 7.92 Å². The van der Waals surface area contributed by atoms with Gasteiger partial charge in [0.15, 0.2) is 0 Å². The van der Waals surface area contributed by atoms with Gasteiger partial charge >= 0.3 is 0 Å². The molecule has 0 saturated heterocycles. The number of hydrogen-bond acceptors (Lipinski definition) is 0. The average molecular weight is 352 g/mol. The van der Waals surface area contributed by atoms with Crippen LogP contribution in [-0.2, 0) is 0 Å². The number of benzene rings is 4. The van der Waals surface area contributed by atoms with Gasteiger partial charge in [0.1, 0.15) is 0 Å². The molecule has 0 bridgehead atoms. The number of hydrogen-bond donors (Lipinski definition) is 0. The molecule has 0 aliphatic carbocycles. The van der Waals surface area contributed by atoms with Crippen LogP contribution >= 0.6 is 7.92 Å². The van der Waals surface area contributed by atoms with Gasteiger partial charge in [0, 0.05) is 0 Å². The van der Waals surface area contributed by atoms with E-state index >= 15 is 0 Å². The maximum Gasteiger partial charge on any atom is -0.00252 e. The van der Waals surface area contributed by atoms with E-state index in [9.17, 15) is 0 Å². The van der Waals surface area contributed by atoms with Gasteiger partial charge in [-0.05, 0) is 47.4 Å². The normalized spacial score (nSPS) is 11.9. The van der Waals surface area contributed by atoms with E-state index in [1.807, 2.05) is 0 Å². The SMILES string of the molecule is CP(c1ccccc1)c1cccc(-c2ccccc2)c1-c1ccccc1. The Bertz CT molecular complexity index is 976. The Morgan fingerprint density at radius 1 is 0.500 bits per heavy atom. The smallest absolute Gasteiger partial charge is 0.00252 e. The third kappa shape index (κ3) is 3.34. The van der Waals surface area contributed by atoms with Crippen molar-refractivity contribution in [3.05, 3.63) is 109 Å². The zero-order valence-electron chi connectivity index (χ0n) is 14.8. The van der Waals surface area contributed by atoms with Crippen molar-refractivity contribution in [2.24, 2.45) is 0 Å². The highest BCUT2D eigenvalue weighted by Gasteiger charge is 2.17. The standard InChI is InChI=1S/C25H21P/c1-26(22-16-9-4-10-17-22)24-19-11-18-23(20-12-5-2-6-13-20)25(24)21-14-7-3-8-15-21/h2-19H,1H3. The minimum absolute atomic E-state index is 0.422. The highest BCUT2D eigenvalue weighted by Crippen LogP contribution is 2.39. The molecule has 1 unspecified atom stereocenters. The van der Waals surface area contributed by atoms with Crippen molar-refractivity contribution in [3.8, 4) is 22.3 Å². The maximum absolute atomic E-state index is 2.36. The molecule has 0 nitrogen and oxygen atoms in total. The topological polar surface area (TPSA) is 0 Å². The Kier molecular flexibility index (Phi) is 4.95. The van der Waals surface area contributed by atoms with E-state index in [1.165, 1.54) is 32.9 Å². The summed E-state index contributed by atoms with van der Waals surface area (Å²) in [5, 5.41) is 2.84. The van der Waals surface area contributed by atoms with Crippen LogP contribution in [0.15, 0.2) is 109 Å². The molecule has 0 fully saturated rings. The van der Waals surface area contributed by atoms with E-state index in [0.29, 0.717) is 0 Å². The molecule has 1 atom stereocenters. The van der Waals surface area contributed by atoms with Gasteiger partial charge in [0.05, 0.1) is 0 Å². The van der Waals surface area contributed by atoms with E-state index in [1.54, 1.807) is 0 Å².